The van der Waals surface area contributed by atoms with E-state index in [2.05, 4.69) is 6.92 Å². The van der Waals surface area contributed by atoms with Crippen LogP contribution in [0.15, 0.2) is 18.2 Å². The monoisotopic (exact) mass is 278 g/mol. The van der Waals surface area contributed by atoms with Gasteiger partial charge in [0, 0.05) is 25.2 Å². The molecule has 0 radical (unpaired) electrons. The third-order valence-electron chi connectivity index (χ3n) is 4.02. The third kappa shape index (κ3) is 2.58. The first-order chi connectivity index (χ1) is 9.62. The first-order valence-electron chi connectivity index (χ1n) is 6.85. The van der Waals surface area contributed by atoms with E-state index in [1.807, 2.05) is 4.90 Å². The minimum absolute atomic E-state index is 0.0238. The van der Waals surface area contributed by atoms with E-state index in [1.165, 1.54) is 0 Å². The number of rotatable bonds is 4. The van der Waals surface area contributed by atoms with Gasteiger partial charge in [-0.2, -0.15) is 0 Å². The molecule has 0 saturated carbocycles. The quantitative estimate of drug-likeness (QED) is 0.906. The third-order valence-corrected chi connectivity index (χ3v) is 4.02. The minimum atomic E-state index is -0.0238. The highest BCUT2D eigenvalue weighted by molar-refractivity contribution is 5.97. The topological polar surface area (TPSA) is 64.8 Å². The molecule has 0 aliphatic carbocycles. The van der Waals surface area contributed by atoms with Crippen LogP contribution in [-0.2, 0) is 0 Å². The summed E-state index contributed by atoms with van der Waals surface area (Å²) in [6.07, 6.45) is 0.992. The molecule has 1 aromatic rings. The summed E-state index contributed by atoms with van der Waals surface area (Å²) in [4.78, 5) is 14.5. The van der Waals surface area contributed by atoms with E-state index in [9.17, 15) is 4.79 Å². The van der Waals surface area contributed by atoms with Gasteiger partial charge in [-0.05, 0) is 24.5 Å². The fraction of sp³-hybridized carbons (Fsp3) is 0.533. The first kappa shape index (κ1) is 14.7. The Morgan fingerprint density at radius 3 is 2.75 bits per heavy atom. The SMILES string of the molecule is COc1ccc(C(=O)N2CCC(C)C2CN)c(OC)c1. The zero-order chi connectivity index (χ0) is 14.7. The maximum atomic E-state index is 12.7. The van der Waals surface area contributed by atoms with E-state index in [0.717, 1.165) is 13.0 Å². The second-order valence-corrected chi connectivity index (χ2v) is 5.13. The maximum Gasteiger partial charge on any atom is 0.257 e. The summed E-state index contributed by atoms with van der Waals surface area (Å²) >= 11 is 0. The highest BCUT2D eigenvalue weighted by atomic mass is 16.5. The number of nitrogens with zero attached hydrogens (tertiary/aromatic N) is 1. The molecule has 110 valence electrons. The Balaban J connectivity index is 2.29. The molecule has 2 atom stereocenters. The van der Waals surface area contributed by atoms with Crippen LogP contribution in [0.5, 0.6) is 11.5 Å². The number of hydrogen-bond acceptors (Lipinski definition) is 4. The fourth-order valence-electron chi connectivity index (χ4n) is 2.75. The Bertz CT molecular complexity index is 490. The number of carbonyl (C=O) groups excluding carboxylic acids is 1. The fourth-order valence-corrected chi connectivity index (χ4v) is 2.75. The molecule has 1 aliphatic rings. The van der Waals surface area contributed by atoms with Crippen molar-refractivity contribution < 1.29 is 14.3 Å². The van der Waals surface area contributed by atoms with E-state index < -0.39 is 0 Å². The number of carbonyl (C=O) groups is 1. The summed E-state index contributed by atoms with van der Waals surface area (Å²) in [5.41, 5.74) is 6.36. The van der Waals surface area contributed by atoms with Gasteiger partial charge in [0.15, 0.2) is 0 Å². The molecule has 0 spiro atoms. The Morgan fingerprint density at radius 1 is 1.40 bits per heavy atom. The van der Waals surface area contributed by atoms with Crippen LogP contribution in [-0.4, -0.2) is 44.2 Å². The second kappa shape index (κ2) is 6.13. The molecule has 1 amide bonds. The lowest BCUT2D eigenvalue weighted by molar-refractivity contribution is 0.0724. The lowest BCUT2D eigenvalue weighted by Gasteiger charge is -2.26. The number of benzene rings is 1. The largest absolute Gasteiger partial charge is 0.497 e. The van der Waals surface area contributed by atoms with Crippen molar-refractivity contribution in [3.8, 4) is 11.5 Å². The van der Waals surface area contributed by atoms with Gasteiger partial charge in [-0.3, -0.25) is 4.79 Å². The van der Waals surface area contributed by atoms with Crippen LogP contribution in [0.3, 0.4) is 0 Å². The van der Waals surface area contributed by atoms with E-state index in [0.29, 0.717) is 29.5 Å². The van der Waals surface area contributed by atoms with Gasteiger partial charge in [-0.15, -0.1) is 0 Å². The molecule has 1 heterocycles. The van der Waals surface area contributed by atoms with Crippen LogP contribution in [0, 0.1) is 5.92 Å². The smallest absolute Gasteiger partial charge is 0.257 e. The predicted octanol–water partition coefficient (Wildman–Crippen LogP) is 1.51. The summed E-state index contributed by atoms with van der Waals surface area (Å²) in [7, 11) is 3.14. The van der Waals surface area contributed by atoms with Gasteiger partial charge in [-0.25, -0.2) is 0 Å². The number of ether oxygens (including phenoxy) is 2. The van der Waals surface area contributed by atoms with Gasteiger partial charge >= 0.3 is 0 Å². The zero-order valence-corrected chi connectivity index (χ0v) is 12.3. The number of amides is 1. The van der Waals surface area contributed by atoms with Gasteiger partial charge in [-0.1, -0.05) is 6.92 Å². The molecular weight excluding hydrogens is 256 g/mol. The molecule has 1 aromatic carbocycles. The van der Waals surface area contributed by atoms with Gasteiger partial charge in [0.25, 0.3) is 5.91 Å². The van der Waals surface area contributed by atoms with Gasteiger partial charge in [0.05, 0.1) is 19.8 Å². The van der Waals surface area contributed by atoms with Crippen LogP contribution in [0.2, 0.25) is 0 Å². The van der Waals surface area contributed by atoms with Crippen molar-refractivity contribution in [3.63, 3.8) is 0 Å². The van der Waals surface area contributed by atoms with E-state index >= 15 is 0 Å². The van der Waals surface area contributed by atoms with Crippen molar-refractivity contribution in [3.05, 3.63) is 23.8 Å². The van der Waals surface area contributed by atoms with Gasteiger partial charge in [0.1, 0.15) is 11.5 Å². The summed E-state index contributed by atoms with van der Waals surface area (Å²) in [6.45, 7) is 3.37. The lowest BCUT2D eigenvalue weighted by atomic mass is 10.0. The van der Waals surface area contributed by atoms with E-state index in [-0.39, 0.29) is 11.9 Å². The van der Waals surface area contributed by atoms with Gasteiger partial charge in [0.2, 0.25) is 0 Å². The number of hydrogen-bond donors (Lipinski definition) is 1. The number of nitrogens with two attached hydrogens (primary N) is 1. The molecule has 0 bridgehead atoms. The molecule has 1 aliphatic heterocycles. The molecule has 2 N–H and O–H groups in total. The van der Waals surface area contributed by atoms with Crippen molar-refractivity contribution in [2.75, 3.05) is 27.3 Å². The van der Waals surface area contributed by atoms with Crippen LogP contribution in [0.25, 0.3) is 0 Å². The zero-order valence-electron chi connectivity index (χ0n) is 12.3. The molecule has 5 heteroatoms. The average molecular weight is 278 g/mol. The van der Waals surface area contributed by atoms with Crippen LogP contribution in [0.4, 0.5) is 0 Å². The Labute approximate surface area is 119 Å². The highest BCUT2D eigenvalue weighted by Crippen LogP contribution is 2.30. The summed E-state index contributed by atoms with van der Waals surface area (Å²) in [6, 6.07) is 5.35. The second-order valence-electron chi connectivity index (χ2n) is 5.13. The molecule has 2 unspecified atom stereocenters. The maximum absolute atomic E-state index is 12.7. The van der Waals surface area contributed by atoms with E-state index in [4.69, 9.17) is 15.2 Å². The van der Waals surface area contributed by atoms with Crippen LogP contribution < -0.4 is 15.2 Å². The number of likely N-dealkylation sites (tertiary alicyclic amines) is 1. The highest BCUT2D eigenvalue weighted by Gasteiger charge is 2.34. The standard InChI is InChI=1S/C15H22N2O3/c1-10-6-7-17(13(10)9-16)15(18)12-5-4-11(19-2)8-14(12)20-3/h4-5,8,10,13H,6-7,9,16H2,1-3H3. The predicted molar refractivity (Wildman–Crippen MR) is 77.2 cm³/mol. The average Bonchev–Trinajstić information content (AvgIpc) is 2.86. The number of methoxy groups -OCH3 is 2. The molecular formula is C15H22N2O3. The van der Waals surface area contributed by atoms with Crippen molar-refractivity contribution >= 4 is 5.91 Å². The Hall–Kier alpha value is -1.75. The Kier molecular flexibility index (Phi) is 4.49. The summed E-state index contributed by atoms with van der Waals surface area (Å²) < 4.78 is 10.5. The van der Waals surface area contributed by atoms with E-state index in [1.54, 1.807) is 32.4 Å². The first-order valence-corrected chi connectivity index (χ1v) is 6.85. The minimum Gasteiger partial charge on any atom is -0.497 e. The van der Waals surface area contributed by atoms with Crippen LogP contribution in [0.1, 0.15) is 23.7 Å². The summed E-state index contributed by atoms with van der Waals surface area (Å²) in [5, 5.41) is 0. The van der Waals surface area contributed by atoms with Crippen molar-refractivity contribution in [2.45, 2.75) is 19.4 Å². The molecule has 2 rings (SSSR count). The lowest BCUT2D eigenvalue weighted by Crippen LogP contribution is -2.42. The molecule has 1 saturated heterocycles. The van der Waals surface area contributed by atoms with Crippen molar-refractivity contribution in [1.29, 1.82) is 0 Å². The van der Waals surface area contributed by atoms with Gasteiger partial charge < -0.3 is 20.1 Å². The molecule has 0 aromatic heterocycles. The molecule has 1 fully saturated rings. The summed E-state index contributed by atoms with van der Waals surface area (Å²) in [5.74, 6) is 1.62. The molecule has 20 heavy (non-hydrogen) atoms. The molecule has 5 nitrogen and oxygen atoms in total. The van der Waals surface area contributed by atoms with Crippen molar-refractivity contribution in [2.24, 2.45) is 11.7 Å². The van der Waals surface area contributed by atoms with Crippen LogP contribution >= 0.6 is 0 Å². The van der Waals surface area contributed by atoms with Crippen molar-refractivity contribution in [1.82, 2.24) is 4.90 Å². The normalized spacial score (nSPS) is 21.9. The Morgan fingerprint density at radius 2 is 2.15 bits per heavy atom.